The molecule has 6 heteroatoms. The molecule has 3 aromatic rings. The van der Waals surface area contributed by atoms with Gasteiger partial charge in [-0.25, -0.2) is 0 Å². The Morgan fingerprint density at radius 2 is 0.839 bits per heavy atom. The van der Waals surface area contributed by atoms with E-state index >= 15 is 0 Å². The van der Waals surface area contributed by atoms with Gasteiger partial charge >= 0.3 is 0 Å². The van der Waals surface area contributed by atoms with E-state index in [1.54, 1.807) is 0 Å². The minimum absolute atomic E-state index is 1.09. The molecule has 0 saturated carbocycles. The fraction of sp³-hybridized carbons (Fsp3) is 0.280. The number of benzene rings is 3. The average molecular weight is 481 g/mol. The second kappa shape index (κ2) is 8.16. The van der Waals surface area contributed by atoms with Gasteiger partial charge in [-0.3, -0.25) is 0 Å². The van der Waals surface area contributed by atoms with E-state index in [4.69, 9.17) is 8.82 Å². The number of nitrogens with zero attached hydrogens (tertiary/aromatic N) is 2. The summed E-state index contributed by atoms with van der Waals surface area (Å²) in [6.07, 6.45) is 0. The quantitative estimate of drug-likeness (QED) is 0.296. The van der Waals surface area contributed by atoms with Crippen LogP contribution in [0, 0.1) is 0 Å². The van der Waals surface area contributed by atoms with Gasteiger partial charge in [-0.2, -0.15) is 0 Å². The molecule has 0 bridgehead atoms. The van der Waals surface area contributed by atoms with Crippen LogP contribution in [-0.2, 0) is 0 Å². The summed E-state index contributed by atoms with van der Waals surface area (Å²) in [5, 5.41) is 5.83. The summed E-state index contributed by atoms with van der Waals surface area (Å²) in [5.41, 5.74) is 0. The third kappa shape index (κ3) is 4.41. The lowest BCUT2D eigenvalue weighted by Crippen LogP contribution is -2.27. The Labute approximate surface area is 190 Å². The lowest BCUT2D eigenvalue weighted by atomic mass is 10.4. The van der Waals surface area contributed by atoms with E-state index in [0.717, 1.165) is 5.90 Å². The lowest BCUT2D eigenvalue weighted by Gasteiger charge is -2.29. The fourth-order valence-electron chi connectivity index (χ4n) is 4.64. The largest absolute Gasteiger partial charge is 0.329 e. The van der Waals surface area contributed by atoms with Crippen LogP contribution in [0.5, 0.6) is 0 Å². The zero-order valence-corrected chi connectivity index (χ0v) is 23.4. The molecule has 0 aliphatic carbocycles. The van der Waals surface area contributed by atoms with Crippen molar-refractivity contribution in [3.63, 3.8) is 0 Å². The Morgan fingerprint density at radius 3 is 1.16 bits per heavy atom. The van der Waals surface area contributed by atoms with Gasteiger partial charge in [-0.05, 0) is 10.6 Å². The summed E-state index contributed by atoms with van der Waals surface area (Å²) in [5.74, 6) is 1.09. The number of rotatable bonds is 4. The predicted molar refractivity (Wildman–Crippen MR) is 148 cm³/mol. The average Bonchev–Trinajstić information content (AvgIpc) is 2.98. The Bertz CT molecular complexity index is 1100. The summed E-state index contributed by atoms with van der Waals surface area (Å²) in [4.78, 5) is 0. The first-order valence-electron chi connectivity index (χ1n) is 11.0. The fourth-order valence-corrected chi connectivity index (χ4v) is 25.6. The van der Waals surface area contributed by atoms with Crippen molar-refractivity contribution in [2.45, 2.75) is 39.3 Å². The molecule has 2 atom stereocenters. The number of fused-ring (bicyclic) bond motifs is 1. The van der Waals surface area contributed by atoms with Crippen molar-refractivity contribution in [2.24, 2.45) is 8.82 Å². The minimum Gasteiger partial charge on any atom is -0.329 e. The van der Waals surface area contributed by atoms with Gasteiger partial charge in [0.05, 0.1) is 0 Å². The molecule has 3 aromatic carbocycles. The molecule has 2 nitrogen and oxygen atoms in total. The number of hydrogen-bond donors (Lipinski definition) is 0. The highest BCUT2D eigenvalue weighted by Gasteiger charge is 2.46. The van der Waals surface area contributed by atoms with Crippen molar-refractivity contribution >= 4 is 51.8 Å². The van der Waals surface area contributed by atoms with E-state index in [1.165, 1.54) is 21.2 Å². The first-order chi connectivity index (χ1) is 14.6. The van der Waals surface area contributed by atoms with Crippen molar-refractivity contribution in [1.29, 1.82) is 0 Å². The van der Waals surface area contributed by atoms with Crippen LogP contribution in [-0.4, -0.2) is 22.4 Å². The monoisotopic (exact) mass is 480 g/mol. The summed E-state index contributed by atoms with van der Waals surface area (Å²) < 4.78 is 11.7. The zero-order chi connectivity index (χ0) is 22.3. The van der Waals surface area contributed by atoms with Gasteiger partial charge in [0.25, 0.3) is 0 Å². The van der Waals surface area contributed by atoms with Gasteiger partial charge in [0, 0.05) is 30.6 Å². The topological polar surface area (TPSA) is 24.7 Å². The molecule has 0 radical (unpaired) electrons. The third-order valence-corrected chi connectivity index (χ3v) is 21.1. The van der Waals surface area contributed by atoms with Crippen LogP contribution < -0.4 is 21.2 Å². The minimum atomic E-state index is -1.92. The molecule has 0 saturated heterocycles. The van der Waals surface area contributed by atoms with Crippen LogP contribution in [0.3, 0.4) is 0 Å². The van der Waals surface area contributed by atoms with Crippen LogP contribution in [0.25, 0.3) is 0 Å². The zero-order valence-electron chi connectivity index (χ0n) is 19.6. The van der Waals surface area contributed by atoms with Crippen LogP contribution in [0.15, 0.2) is 93.8 Å². The summed E-state index contributed by atoms with van der Waals surface area (Å²) in [6, 6.07) is 31.5. The first-order valence-corrected chi connectivity index (χ1v) is 21.8. The molecule has 4 rings (SSSR count). The molecule has 2 unspecified atom stereocenters. The highest BCUT2D eigenvalue weighted by atomic mass is 31.2. The first kappa shape index (κ1) is 22.7. The molecule has 0 spiro atoms. The van der Waals surface area contributed by atoms with Crippen molar-refractivity contribution in [3.8, 4) is 0 Å². The van der Waals surface area contributed by atoms with E-state index in [0.29, 0.717) is 0 Å². The Balaban J connectivity index is 2.19. The van der Waals surface area contributed by atoms with Crippen molar-refractivity contribution in [3.05, 3.63) is 84.9 Å². The van der Waals surface area contributed by atoms with Crippen molar-refractivity contribution in [2.75, 3.05) is 5.90 Å². The molecule has 0 fully saturated rings. The SMILES string of the molecule is C[Si](C)(C)N=P1(c2ccccc2)CP(=N[Si](C)(C)C)(c2ccccc2)c2ccccc21. The molecular weight excluding hydrogens is 446 g/mol. The Kier molecular flexibility index (Phi) is 5.98. The lowest BCUT2D eigenvalue weighted by molar-refractivity contribution is 1.57. The Morgan fingerprint density at radius 1 is 0.516 bits per heavy atom. The second-order valence-corrected chi connectivity index (χ2v) is 26.9. The molecule has 0 N–H and O–H groups in total. The summed E-state index contributed by atoms with van der Waals surface area (Å²) in [7, 11) is -7.25. The van der Waals surface area contributed by atoms with E-state index < -0.39 is 30.6 Å². The molecule has 31 heavy (non-hydrogen) atoms. The van der Waals surface area contributed by atoms with Gasteiger partial charge in [0.1, 0.15) is 0 Å². The highest BCUT2D eigenvalue weighted by Crippen LogP contribution is 2.69. The van der Waals surface area contributed by atoms with E-state index in [-0.39, 0.29) is 0 Å². The smallest absolute Gasteiger partial charge is 0.171 e. The molecule has 1 heterocycles. The van der Waals surface area contributed by atoms with Crippen LogP contribution in [0.1, 0.15) is 0 Å². The van der Waals surface area contributed by atoms with Gasteiger partial charge in [-0.15, -0.1) is 0 Å². The van der Waals surface area contributed by atoms with Crippen LogP contribution in [0.4, 0.5) is 0 Å². The Hall–Kier alpha value is -1.45. The maximum Gasteiger partial charge on any atom is 0.171 e. The van der Waals surface area contributed by atoms with Crippen LogP contribution in [0.2, 0.25) is 39.3 Å². The molecule has 1 aliphatic heterocycles. The van der Waals surface area contributed by atoms with E-state index in [2.05, 4.69) is 124 Å². The summed E-state index contributed by atoms with van der Waals surface area (Å²) in [6.45, 7) is 14.3. The van der Waals surface area contributed by atoms with Crippen molar-refractivity contribution < 1.29 is 0 Å². The van der Waals surface area contributed by atoms with Gasteiger partial charge in [0.15, 0.2) is 16.5 Å². The van der Waals surface area contributed by atoms with Gasteiger partial charge < -0.3 is 8.82 Å². The van der Waals surface area contributed by atoms with Crippen LogP contribution >= 0.6 is 14.1 Å². The molecule has 162 valence electrons. The van der Waals surface area contributed by atoms with E-state index in [1.807, 2.05) is 0 Å². The maximum atomic E-state index is 5.84. The normalized spacial score (nSPS) is 23.3. The molecule has 1 aliphatic rings. The number of hydrogen-bond acceptors (Lipinski definition) is 2. The summed E-state index contributed by atoms with van der Waals surface area (Å²) >= 11 is 0. The standard InChI is InChI=1S/C25H34N2P2Si2/c1-30(2,3)26-28(22-15-9-7-10-16-22)21-29(27-31(4,5)6,23-17-11-8-12-18-23)25-20-14-13-19-24(25)28/h7-20H,21H2,1-6H3. The molecular formula is C25H34N2P2Si2. The molecule has 0 aromatic heterocycles. The van der Waals surface area contributed by atoms with Gasteiger partial charge in [0.2, 0.25) is 0 Å². The maximum absolute atomic E-state index is 5.84. The highest BCUT2D eigenvalue weighted by molar-refractivity contribution is 8.01. The second-order valence-electron chi connectivity index (χ2n) is 10.4. The van der Waals surface area contributed by atoms with Crippen molar-refractivity contribution in [1.82, 2.24) is 0 Å². The predicted octanol–water partition coefficient (Wildman–Crippen LogP) is 6.63. The molecule has 0 amide bonds. The third-order valence-electron chi connectivity index (χ3n) is 5.40. The van der Waals surface area contributed by atoms with E-state index in [9.17, 15) is 0 Å². The van der Waals surface area contributed by atoms with Gasteiger partial charge in [-0.1, -0.05) is 124 Å².